The Hall–Kier alpha value is -3.34. The first kappa shape index (κ1) is 20.3. The van der Waals surface area contributed by atoms with Crippen molar-refractivity contribution in [2.45, 2.75) is 63.2 Å². The van der Waals surface area contributed by atoms with Crippen molar-refractivity contribution in [2.75, 3.05) is 0 Å². The molecule has 0 radical (unpaired) electrons. The summed E-state index contributed by atoms with van der Waals surface area (Å²) in [5.41, 5.74) is 4.41. The van der Waals surface area contributed by atoms with Gasteiger partial charge in [-0.15, -0.1) is 0 Å². The maximum atomic E-state index is 6.08. The average molecular weight is 439 g/mol. The van der Waals surface area contributed by atoms with Crippen LogP contribution in [0.15, 0.2) is 60.9 Å². The molecular formula is C28H30N4O. The maximum Gasteiger partial charge on any atom is 0.127 e. The number of hydrogen-bond acceptors (Lipinski definition) is 3. The first-order valence-corrected chi connectivity index (χ1v) is 12.3. The monoisotopic (exact) mass is 438 g/mol. The van der Waals surface area contributed by atoms with E-state index >= 15 is 0 Å². The van der Waals surface area contributed by atoms with Gasteiger partial charge in [0.15, 0.2) is 0 Å². The molecule has 2 aromatic heterocycles. The van der Waals surface area contributed by atoms with Crippen LogP contribution in [0.2, 0.25) is 0 Å². The summed E-state index contributed by atoms with van der Waals surface area (Å²) in [4.78, 5) is 16.3. The van der Waals surface area contributed by atoms with Gasteiger partial charge in [-0.1, -0.05) is 25.7 Å². The highest BCUT2D eigenvalue weighted by Gasteiger charge is 2.21. The molecule has 0 atom stereocenters. The normalized spacial score (nSPS) is 17.1. The minimum Gasteiger partial charge on any atom is -0.457 e. The third-order valence-electron chi connectivity index (χ3n) is 7.24. The predicted molar refractivity (Wildman–Crippen MR) is 131 cm³/mol. The lowest BCUT2D eigenvalue weighted by Crippen LogP contribution is -1.94. The Morgan fingerprint density at radius 1 is 0.576 bits per heavy atom. The Morgan fingerprint density at radius 2 is 0.970 bits per heavy atom. The van der Waals surface area contributed by atoms with E-state index < -0.39 is 0 Å². The summed E-state index contributed by atoms with van der Waals surface area (Å²) in [6, 6.07) is 16.4. The van der Waals surface area contributed by atoms with E-state index in [1.807, 2.05) is 36.7 Å². The third-order valence-corrected chi connectivity index (χ3v) is 7.24. The molecule has 0 spiro atoms. The van der Waals surface area contributed by atoms with Crippen LogP contribution < -0.4 is 4.74 Å². The number of ether oxygens (including phenoxy) is 1. The van der Waals surface area contributed by atoms with Crippen molar-refractivity contribution >= 4 is 0 Å². The second-order valence-corrected chi connectivity index (χ2v) is 9.48. The molecule has 5 heteroatoms. The minimum atomic E-state index is 0.598. The highest BCUT2D eigenvalue weighted by molar-refractivity contribution is 5.61. The number of imidazole rings is 2. The summed E-state index contributed by atoms with van der Waals surface area (Å²) in [6.07, 6.45) is 14.2. The Labute approximate surface area is 194 Å². The summed E-state index contributed by atoms with van der Waals surface area (Å²) < 4.78 is 6.08. The van der Waals surface area contributed by atoms with E-state index in [1.54, 1.807) is 0 Å². The van der Waals surface area contributed by atoms with Crippen LogP contribution in [-0.2, 0) is 0 Å². The molecule has 33 heavy (non-hydrogen) atoms. The maximum absolute atomic E-state index is 6.08. The van der Waals surface area contributed by atoms with Crippen LogP contribution in [0.1, 0.15) is 74.9 Å². The molecule has 2 aromatic carbocycles. The molecule has 0 amide bonds. The smallest absolute Gasteiger partial charge is 0.127 e. The SMILES string of the molecule is c1cc(-c2cnc(C3CCCC3)[nH]2)ccc1Oc1ccc(-c2cnc(C3CCCC3)[nH]2)cc1. The Kier molecular flexibility index (Phi) is 5.46. The summed E-state index contributed by atoms with van der Waals surface area (Å²) in [7, 11) is 0. The topological polar surface area (TPSA) is 66.6 Å². The molecule has 0 aliphatic heterocycles. The van der Waals surface area contributed by atoms with Crippen molar-refractivity contribution < 1.29 is 4.74 Å². The third kappa shape index (κ3) is 4.32. The van der Waals surface area contributed by atoms with Crippen LogP contribution >= 0.6 is 0 Å². The quantitative estimate of drug-likeness (QED) is 0.326. The molecule has 5 nitrogen and oxygen atoms in total. The fourth-order valence-electron chi connectivity index (χ4n) is 5.32. The van der Waals surface area contributed by atoms with Gasteiger partial charge in [0.25, 0.3) is 0 Å². The fraction of sp³-hybridized carbons (Fsp3) is 0.357. The molecule has 2 aliphatic rings. The molecule has 6 rings (SSSR count). The molecule has 0 saturated heterocycles. The first-order chi connectivity index (χ1) is 16.3. The Bertz CT molecular complexity index is 1100. The number of rotatable bonds is 6. The van der Waals surface area contributed by atoms with Gasteiger partial charge in [0.1, 0.15) is 23.1 Å². The predicted octanol–water partition coefficient (Wildman–Crippen LogP) is 7.57. The van der Waals surface area contributed by atoms with Crippen molar-refractivity contribution in [1.82, 2.24) is 19.9 Å². The summed E-state index contributed by atoms with van der Waals surface area (Å²) >= 11 is 0. The van der Waals surface area contributed by atoms with Gasteiger partial charge in [-0.25, -0.2) is 9.97 Å². The average Bonchev–Trinajstić information content (AvgIpc) is 3.66. The zero-order valence-electron chi connectivity index (χ0n) is 18.9. The zero-order chi connectivity index (χ0) is 22.0. The minimum absolute atomic E-state index is 0.598. The van der Waals surface area contributed by atoms with Gasteiger partial charge >= 0.3 is 0 Å². The van der Waals surface area contributed by atoms with Crippen LogP contribution in [0.25, 0.3) is 22.5 Å². The summed E-state index contributed by atoms with van der Waals surface area (Å²) in [5, 5.41) is 0. The van der Waals surface area contributed by atoms with Crippen LogP contribution in [0.4, 0.5) is 0 Å². The number of H-pyrrole nitrogens is 2. The largest absolute Gasteiger partial charge is 0.457 e. The lowest BCUT2D eigenvalue weighted by atomic mass is 10.1. The van der Waals surface area contributed by atoms with E-state index in [4.69, 9.17) is 4.74 Å². The number of nitrogens with one attached hydrogen (secondary N) is 2. The number of nitrogens with zero attached hydrogens (tertiary/aromatic N) is 2. The van der Waals surface area contributed by atoms with Crippen molar-refractivity contribution in [3.8, 4) is 34.0 Å². The Morgan fingerprint density at radius 3 is 1.36 bits per heavy atom. The Balaban J connectivity index is 1.11. The van der Waals surface area contributed by atoms with Gasteiger partial charge in [0.05, 0.1) is 23.8 Å². The molecule has 2 saturated carbocycles. The van der Waals surface area contributed by atoms with Crippen molar-refractivity contribution in [1.29, 1.82) is 0 Å². The molecule has 2 heterocycles. The molecule has 2 fully saturated rings. The second kappa shape index (κ2) is 8.89. The van der Waals surface area contributed by atoms with Gasteiger partial charge in [0, 0.05) is 11.8 Å². The van der Waals surface area contributed by atoms with Gasteiger partial charge in [-0.3, -0.25) is 0 Å². The van der Waals surface area contributed by atoms with Crippen molar-refractivity contribution in [3.63, 3.8) is 0 Å². The van der Waals surface area contributed by atoms with Crippen LogP contribution in [-0.4, -0.2) is 19.9 Å². The molecule has 2 N–H and O–H groups in total. The van der Waals surface area contributed by atoms with E-state index in [-0.39, 0.29) is 0 Å². The van der Waals surface area contributed by atoms with Gasteiger partial charge in [-0.2, -0.15) is 0 Å². The van der Waals surface area contributed by atoms with E-state index in [9.17, 15) is 0 Å². The van der Waals surface area contributed by atoms with E-state index in [0.29, 0.717) is 11.8 Å². The van der Waals surface area contributed by atoms with Gasteiger partial charge in [0.2, 0.25) is 0 Å². The number of benzene rings is 2. The lowest BCUT2D eigenvalue weighted by Gasteiger charge is -2.08. The van der Waals surface area contributed by atoms with Gasteiger partial charge in [-0.05, 0) is 85.3 Å². The summed E-state index contributed by atoms with van der Waals surface area (Å²) in [6.45, 7) is 0. The van der Waals surface area contributed by atoms with E-state index in [2.05, 4.69) is 44.2 Å². The van der Waals surface area contributed by atoms with Crippen molar-refractivity contribution in [3.05, 3.63) is 72.6 Å². The molecular weight excluding hydrogens is 408 g/mol. The highest BCUT2D eigenvalue weighted by Crippen LogP contribution is 2.35. The molecule has 0 unspecified atom stereocenters. The number of aromatic nitrogens is 4. The van der Waals surface area contributed by atoms with Crippen molar-refractivity contribution in [2.24, 2.45) is 0 Å². The van der Waals surface area contributed by atoms with Crippen LogP contribution in [0, 0.1) is 0 Å². The lowest BCUT2D eigenvalue weighted by molar-refractivity contribution is 0.483. The number of aromatic amines is 2. The first-order valence-electron chi connectivity index (χ1n) is 12.3. The number of hydrogen-bond donors (Lipinski definition) is 2. The highest BCUT2D eigenvalue weighted by atomic mass is 16.5. The van der Waals surface area contributed by atoms with E-state index in [0.717, 1.165) is 45.7 Å². The molecule has 168 valence electrons. The van der Waals surface area contributed by atoms with Crippen LogP contribution in [0.5, 0.6) is 11.5 Å². The standard InChI is InChI=1S/C28H30N4O/c1-2-6-21(5-1)27-29-17-25(31-27)19-9-13-23(14-10-19)33-24-15-11-20(12-16-24)26-18-30-28(32-26)22-7-3-4-8-22/h9-18,21-22H,1-8H2,(H,29,31)(H,30,32). The zero-order valence-corrected chi connectivity index (χ0v) is 18.9. The summed E-state index contributed by atoms with van der Waals surface area (Å²) in [5.74, 6) is 5.12. The second-order valence-electron chi connectivity index (χ2n) is 9.48. The molecule has 4 aromatic rings. The van der Waals surface area contributed by atoms with Crippen LogP contribution in [0.3, 0.4) is 0 Å². The molecule has 2 aliphatic carbocycles. The molecule has 0 bridgehead atoms. The van der Waals surface area contributed by atoms with E-state index in [1.165, 1.54) is 51.4 Å². The van der Waals surface area contributed by atoms with Gasteiger partial charge < -0.3 is 14.7 Å². The fourth-order valence-corrected chi connectivity index (χ4v) is 5.32.